The van der Waals surface area contributed by atoms with Crippen molar-refractivity contribution < 1.29 is 9.84 Å². The van der Waals surface area contributed by atoms with E-state index in [1.54, 1.807) is 12.1 Å². The molecule has 2 atom stereocenters. The fraction of sp³-hybridized carbons (Fsp3) is 0.562. The van der Waals surface area contributed by atoms with Crippen molar-refractivity contribution in [2.75, 3.05) is 13.2 Å². The summed E-state index contributed by atoms with van der Waals surface area (Å²) in [6, 6.07) is 9.66. The van der Waals surface area contributed by atoms with Gasteiger partial charge in [0.1, 0.15) is 0 Å². The molecule has 0 saturated carbocycles. The van der Waals surface area contributed by atoms with E-state index in [2.05, 4.69) is 11.4 Å². The monoisotopic (exact) mass is 276 g/mol. The highest BCUT2D eigenvalue weighted by atomic mass is 16.5. The molecule has 2 N–H and O–H groups in total. The molecule has 20 heavy (non-hydrogen) atoms. The number of nitriles is 1. The highest BCUT2D eigenvalue weighted by Crippen LogP contribution is 2.13. The van der Waals surface area contributed by atoms with E-state index in [-0.39, 0.29) is 11.6 Å². The van der Waals surface area contributed by atoms with Gasteiger partial charge in [0.25, 0.3) is 0 Å². The summed E-state index contributed by atoms with van der Waals surface area (Å²) in [7, 11) is 0. The molecule has 0 bridgehead atoms. The molecule has 0 amide bonds. The first-order chi connectivity index (χ1) is 9.31. The predicted molar refractivity (Wildman–Crippen MR) is 79.3 cm³/mol. The minimum atomic E-state index is -0.532. The van der Waals surface area contributed by atoms with E-state index < -0.39 is 6.10 Å². The van der Waals surface area contributed by atoms with Crippen LogP contribution in [-0.2, 0) is 4.74 Å². The molecule has 0 spiro atoms. The molecule has 4 nitrogen and oxygen atoms in total. The van der Waals surface area contributed by atoms with Crippen LogP contribution in [-0.4, -0.2) is 30.0 Å². The topological polar surface area (TPSA) is 65.3 Å². The largest absolute Gasteiger partial charge is 0.389 e. The fourth-order valence-electron chi connectivity index (χ4n) is 1.68. The molecule has 0 radical (unpaired) electrons. The van der Waals surface area contributed by atoms with Crippen molar-refractivity contribution in [1.29, 1.82) is 5.26 Å². The fourth-order valence-corrected chi connectivity index (χ4v) is 1.68. The maximum Gasteiger partial charge on any atom is 0.0991 e. The van der Waals surface area contributed by atoms with Crippen LogP contribution in [0, 0.1) is 11.3 Å². The third kappa shape index (κ3) is 6.16. The molecule has 0 aromatic heterocycles. The lowest BCUT2D eigenvalue weighted by molar-refractivity contribution is -0.0482. The van der Waals surface area contributed by atoms with Gasteiger partial charge in [0.05, 0.1) is 29.9 Å². The molecule has 1 aromatic rings. The van der Waals surface area contributed by atoms with Crippen molar-refractivity contribution in [1.82, 2.24) is 5.32 Å². The molecule has 1 aromatic carbocycles. The highest BCUT2D eigenvalue weighted by molar-refractivity contribution is 5.32. The summed E-state index contributed by atoms with van der Waals surface area (Å²) in [5, 5.41) is 21.9. The number of hydrogen-bond donors (Lipinski definition) is 2. The van der Waals surface area contributed by atoms with Gasteiger partial charge in [0.2, 0.25) is 0 Å². The van der Waals surface area contributed by atoms with Crippen LogP contribution in [0.3, 0.4) is 0 Å². The van der Waals surface area contributed by atoms with Crippen molar-refractivity contribution in [2.24, 2.45) is 0 Å². The lowest BCUT2D eigenvalue weighted by Crippen LogP contribution is -2.34. The minimum absolute atomic E-state index is 0.118. The van der Waals surface area contributed by atoms with Crippen LogP contribution in [0.2, 0.25) is 0 Å². The van der Waals surface area contributed by atoms with E-state index in [0.717, 1.165) is 5.56 Å². The number of nitrogens with one attached hydrogen (secondary N) is 1. The molecule has 2 unspecified atom stereocenters. The number of hydrogen-bond acceptors (Lipinski definition) is 4. The Bertz CT molecular complexity index is 443. The first-order valence-corrected chi connectivity index (χ1v) is 6.87. The zero-order chi connectivity index (χ0) is 15.2. The number of rotatable bonds is 6. The summed E-state index contributed by atoms with van der Waals surface area (Å²) in [4.78, 5) is 0. The molecule has 0 aliphatic rings. The zero-order valence-corrected chi connectivity index (χ0v) is 12.7. The summed E-state index contributed by atoms with van der Waals surface area (Å²) in [5.41, 5.74) is 1.51. The molecule has 0 aliphatic heterocycles. The van der Waals surface area contributed by atoms with Gasteiger partial charge in [-0.05, 0) is 45.4 Å². The second-order valence-electron chi connectivity index (χ2n) is 5.94. The van der Waals surface area contributed by atoms with Crippen LogP contribution in [0.25, 0.3) is 0 Å². The second kappa shape index (κ2) is 7.39. The smallest absolute Gasteiger partial charge is 0.0991 e. The molecule has 1 rings (SSSR count). The molecule has 0 heterocycles. The lowest BCUT2D eigenvalue weighted by Gasteiger charge is -2.23. The number of aliphatic hydroxyl groups excluding tert-OH is 1. The Labute approximate surface area is 121 Å². The summed E-state index contributed by atoms with van der Waals surface area (Å²) in [5.74, 6) is 0. The summed E-state index contributed by atoms with van der Waals surface area (Å²) in [6.07, 6.45) is -0.532. The molecule has 0 fully saturated rings. The summed E-state index contributed by atoms with van der Waals surface area (Å²) in [6.45, 7) is 8.71. The number of benzene rings is 1. The van der Waals surface area contributed by atoms with Crippen LogP contribution in [0.1, 0.15) is 44.9 Å². The number of ether oxygens (including phenoxy) is 1. The molecular weight excluding hydrogens is 252 g/mol. The van der Waals surface area contributed by atoms with Gasteiger partial charge in [-0.15, -0.1) is 0 Å². The Hall–Kier alpha value is -1.41. The first-order valence-electron chi connectivity index (χ1n) is 6.87. The Morgan fingerprint density at radius 3 is 2.40 bits per heavy atom. The van der Waals surface area contributed by atoms with Crippen LogP contribution >= 0.6 is 0 Å². The Morgan fingerprint density at radius 1 is 1.30 bits per heavy atom. The van der Waals surface area contributed by atoms with Crippen molar-refractivity contribution in [3.63, 3.8) is 0 Å². The third-order valence-electron chi connectivity index (χ3n) is 2.91. The van der Waals surface area contributed by atoms with Gasteiger partial charge in [-0.3, -0.25) is 0 Å². The van der Waals surface area contributed by atoms with E-state index in [4.69, 9.17) is 10.00 Å². The maximum atomic E-state index is 9.86. The maximum absolute atomic E-state index is 9.86. The normalized spacial score (nSPS) is 14.6. The SMILES string of the molecule is CC(NCC(O)COC(C)(C)C)c1ccc(C#N)cc1. The van der Waals surface area contributed by atoms with Gasteiger partial charge in [0.15, 0.2) is 0 Å². The summed E-state index contributed by atoms with van der Waals surface area (Å²) < 4.78 is 5.53. The first kappa shape index (κ1) is 16.6. The van der Waals surface area contributed by atoms with Gasteiger partial charge < -0.3 is 15.2 Å². The second-order valence-corrected chi connectivity index (χ2v) is 5.94. The molecule has 110 valence electrons. The number of nitrogens with zero attached hydrogens (tertiary/aromatic N) is 1. The minimum Gasteiger partial charge on any atom is -0.389 e. The van der Waals surface area contributed by atoms with Crippen LogP contribution in [0.5, 0.6) is 0 Å². The zero-order valence-electron chi connectivity index (χ0n) is 12.7. The Kier molecular flexibility index (Phi) is 6.15. The van der Waals surface area contributed by atoms with Crippen molar-refractivity contribution in [3.8, 4) is 6.07 Å². The molecule has 0 saturated heterocycles. The standard InChI is InChI=1S/C16H24N2O2/c1-12(14-7-5-13(9-17)6-8-14)18-10-15(19)11-20-16(2,3)4/h5-8,12,15,18-19H,10-11H2,1-4H3. The van der Waals surface area contributed by atoms with Gasteiger partial charge >= 0.3 is 0 Å². The quantitative estimate of drug-likeness (QED) is 0.837. The Morgan fingerprint density at radius 2 is 1.90 bits per heavy atom. The summed E-state index contributed by atoms with van der Waals surface area (Å²) >= 11 is 0. The van der Waals surface area contributed by atoms with Crippen molar-refractivity contribution >= 4 is 0 Å². The molecule has 0 aliphatic carbocycles. The van der Waals surface area contributed by atoms with E-state index in [9.17, 15) is 5.11 Å². The average Bonchev–Trinajstić information content (AvgIpc) is 2.41. The lowest BCUT2D eigenvalue weighted by atomic mass is 10.1. The van der Waals surface area contributed by atoms with Crippen LogP contribution in [0.4, 0.5) is 0 Å². The molecule has 4 heteroatoms. The molecular formula is C16H24N2O2. The van der Waals surface area contributed by atoms with Crippen molar-refractivity contribution in [2.45, 2.75) is 45.4 Å². The van der Waals surface area contributed by atoms with Crippen LogP contribution in [0.15, 0.2) is 24.3 Å². The van der Waals surface area contributed by atoms with Crippen LogP contribution < -0.4 is 5.32 Å². The number of aliphatic hydroxyl groups is 1. The predicted octanol–water partition coefficient (Wildman–Crippen LogP) is 2.38. The third-order valence-corrected chi connectivity index (χ3v) is 2.91. The van der Waals surface area contributed by atoms with Gasteiger partial charge in [-0.25, -0.2) is 0 Å². The van der Waals surface area contributed by atoms with Gasteiger partial charge in [-0.2, -0.15) is 5.26 Å². The van der Waals surface area contributed by atoms with Gasteiger partial charge in [0, 0.05) is 12.6 Å². The van der Waals surface area contributed by atoms with E-state index in [1.165, 1.54) is 0 Å². The van der Waals surface area contributed by atoms with E-state index >= 15 is 0 Å². The van der Waals surface area contributed by atoms with Gasteiger partial charge in [-0.1, -0.05) is 12.1 Å². The average molecular weight is 276 g/mol. The van der Waals surface area contributed by atoms with E-state index in [1.807, 2.05) is 39.8 Å². The Balaban J connectivity index is 2.38. The van der Waals surface area contributed by atoms with Crippen molar-refractivity contribution in [3.05, 3.63) is 35.4 Å². The van der Waals surface area contributed by atoms with E-state index in [0.29, 0.717) is 18.7 Å². The highest BCUT2D eigenvalue weighted by Gasteiger charge is 2.14.